The van der Waals surface area contributed by atoms with Gasteiger partial charge in [-0.3, -0.25) is 0 Å². The summed E-state index contributed by atoms with van der Waals surface area (Å²) in [7, 11) is 0. The van der Waals surface area contributed by atoms with E-state index in [1.54, 1.807) is 0 Å². The maximum atomic E-state index is 10.1. The molecule has 0 rings (SSSR count). The van der Waals surface area contributed by atoms with Gasteiger partial charge in [0.25, 0.3) is 0 Å². The van der Waals surface area contributed by atoms with E-state index >= 15 is 0 Å². The predicted octanol–water partition coefficient (Wildman–Crippen LogP) is -6.73. The summed E-state index contributed by atoms with van der Waals surface area (Å²) >= 11 is 0. The predicted molar refractivity (Wildman–Crippen MR) is 40.0 cm³/mol. The van der Waals surface area contributed by atoms with Gasteiger partial charge in [0.2, 0.25) is 0 Å². The van der Waals surface area contributed by atoms with Crippen LogP contribution in [0.25, 0.3) is 0 Å². The molecule has 0 atom stereocenters. The molecule has 0 aliphatic carbocycles. The zero-order valence-corrected chi connectivity index (χ0v) is 11.9. The summed E-state index contributed by atoms with van der Waals surface area (Å²) in [6.07, 6.45) is -2.72. The minimum atomic E-state index is -2.97. The molecule has 9 heteroatoms. The fourth-order valence-electron chi connectivity index (χ4n) is 0.684. The van der Waals surface area contributed by atoms with Crippen molar-refractivity contribution in [3.63, 3.8) is 0 Å². The second kappa shape index (κ2) is 7.53. The molecule has 0 spiro atoms. The zero-order chi connectivity index (χ0) is 10.6. The average Bonchev–Trinajstić information content (AvgIpc) is 1.82. The van der Waals surface area contributed by atoms with Gasteiger partial charge in [-0.15, -0.1) is 0 Å². The molecule has 0 radical (unpaired) electrons. The maximum absolute atomic E-state index is 10.1. The van der Waals surface area contributed by atoms with Crippen LogP contribution in [-0.4, -0.2) is 61.4 Å². The van der Waals surface area contributed by atoms with E-state index in [0.29, 0.717) is 0 Å². The van der Waals surface area contributed by atoms with Crippen molar-refractivity contribution in [1.82, 2.24) is 0 Å². The summed E-state index contributed by atoms with van der Waals surface area (Å²) < 4.78 is 0. The van der Waals surface area contributed by atoms with Gasteiger partial charge in [0, 0.05) is 24.8 Å². The number of carbonyl (C=O) groups excluding carboxylic acids is 3. The van der Waals surface area contributed by atoms with Crippen LogP contribution in [0, 0.1) is 0 Å². The molecule has 0 fully saturated rings. The minimum absolute atomic E-state index is 0. The van der Waals surface area contributed by atoms with Crippen LogP contribution < -0.4 is 15.3 Å². The molecule has 0 aliphatic heterocycles. The quantitative estimate of drug-likeness (QED) is 0.435. The van der Waals surface area contributed by atoms with E-state index in [-0.39, 0.29) is 32.8 Å². The summed E-state index contributed by atoms with van der Waals surface area (Å²) in [5.74, 6) is -5.98. The number of rotatable bonds is 5. The van der Waals surface area contributed by atoms with Crippen LogP contribution in [0.15, 0.2) is 0 Å². The van der Waals surface area contributed by atoms with Crippen LogP contribution in [-0.2, 0) is 14.4 Å². The van der Waals surface area contributed by atoms with Crippen LogP contribution in [0.5, 0.6) is 0 Å². The normalized spacial score (nSPS) is 9.40. The van der Waals surface area contributed by atoms with Gasteiger partial charge in [-0.2, -0.15) is 0 Å². The molecule has 15 heavy (non-hydrogen) atoms. The summed E-state index contributed by atoms with van der Waals surface area (Å²) in [5.41, 5.74) is -2.97. The Bertz CT molecular complexity index is 234. The van der Waals surface area contributed by atoms with Gasteiger partial charge >= 0.3 is 27.3 Å². The summed E-state index contributed by atoms with van der Waals surface area (Å²) in [4.78, 5) is 30.0. The fraction of sp³-hybridized carbons (Fsp3) is 0.500. The Morgan fingerprint density at radius 2 is 1.27 bits per heavy atom. The van der Waals surface area contributed by atoms with Crippen molar-refractivity contribution >= 4 is 45.2 Å². The first-order valence-electron chi connectivity index (χ1n) is 3.11. The molecule has 0 aromatic heterocycles. The average molecular weight is 415 g/mol. The summed E-state index contributed by atoms with van der Waals surface area (Å²) in [6, 6.07) is 0. The van der Waals surface area contributed by atoms with Gasteiger partial charge in [0.15, 0.2) is 0 Å². The van der Waals surface area contributed by atoms with Crippen molar-refractivity contribution in [3.8, 4) is 0 Å². The van der Waals surface area contributed by atoms with Gasteiger partial charge in [0.05, 0.1) is 5.97 Å². The van der Waals surface area contributed by atoms with Crippen LogP contribution >= 0.6 is 0 Å². The number of aliphatic carboxylic acids is 3. The first-order valence-corrected chi connectivity index (χ1v) is 3.11. The molecule has 0 aromatic rings. The van der Waals surface area contributed by atoms with E-state index in [9.17, 15) is 29.7 Å². The van der Waals surface area contributed by atoms with Crippen LogP contribution in [0.1, 0.15) is 12.8 Å². The standard InChI is InChI=1S/C6H8O7.H2O.Pb.H/c7-3(8)1-6(13,5(11)12)2-4(9)10;;;/h13H,1-2H2,(H,7,8)(H,9,10)(H,11,12);1H2;;/q;;+3;/p-3. The van der Waals surface area contributed by atoms with Crippen molar-refractivity contribution in [2.75, 3.05) is 0 Å². The molecular weight excluding hydrogens is 407 g/mol. The third-order valence-corrected chi connectivity index (χ3v) is 1.25. The van der Waals surface area contributed by atoms with Gasteiger partial charge < -0.3 is 40.3 Å². The van der Waals surface area contributed by atoms with E-state index in [0.717, 1.165) is 0 Å². The SMILES string of the molecule is O.O=C([O-])CC(O)(CC(=O)[O-])C(=O)[O-].[PbH+3]. The van der Waals surface area contributed by atoms with Gasteiger partial charge in [-0.25, -0.2) is 0 Å². The van der Waals surface area contributed by atoms with Crippen LogP contribution in [0.3, 0.4) is 0 Å². The number of carboxylic acid groups (broad SMARTS) is 3. The van der Waals surface area contributed by atoms with Crippen LogP contribution in [0.4, 0.5) is 0 Å². The Kier molecular flexibility index (Phi) is 9.93. The number of carboxylic acids is 3. The molecular formula is C6H8O8Pb. The molecule has 0 saturated heterocycles. The Morgan fingerprint density at radius 3 is 1.40 bits per heavy atom. The second-order valence-electron chi connectivity index (χ2n) is 2.42. The fourth-order valence-corrected chi connectivity index (χ4v) is 0.684. The molecule has 0 aromatic carbocycles. The van der Waals surface area contributed by atoms with E-state index in [4.69, 9.17) is 5.11 Å². The molecule has 0 aliphatic rings. The summed E-state index contributed by atoms with van der Waals surface area (Å²) in [6.45, 7) is 0. The van der Waals surface area contributed by atoms with E-state index < -0.39 is 36.4 Å². The third-order valence-electron chi connectivity index (χ3n) is 1.25. The van der Waals surface area contributed by atoms with E-state index in [1.165, 1.54) is 0 Å². The molecule has 0 heterocycles. The molecule has 0 amide bonds. The van der Waals surface area contributed by atoms with E-state index in [2.05, 4.69) is 0 Å². The monoisotopic (exact) mass is 416 g/mol. The van der Waals surface area contributed by atoms with Gasteiger partial charge in [-0.1, -0.05) is 0 Å². The van der Waals surface area contributed by atoms with Crippen LogP contribution in [0.2, 0.25) is 0 Å². The number of carbonyl (C=O) groups is 3. The molecule has 0 saturated carbocycles. The van der Waals surface area contributed by atoms with Crippen molar-refractivity contribution in [3.05, 3.63) is 0 Å². The van der Waals surface area contributed by atoms with Crippen molar-refractivity contribution in [1.29, 1.82) is 0 Å². The molecule has 8 nitrogen and oxygen atoms in total. The Labute approximate surface area is 104 Å². The van der Waals surface area contributed by atoms with Crippen molar-refractivity contribution in [2.45, 2.75) is 18.4 Å². The molecule has 0 unspecified atom stereocenters. The number of aliphatic hydroxyl groups is 1. The summed E-state index contributed by atoms with van der Waals surface area (Å²) in [5, 5.41) is 38.9. The third kappa shape index (κ3) is 7.21. The molecule has 0 bridgehead atoms. The zero-order valence-electron chi connectivity index (χ0n) is 7.39. The Morgan fingerprint density at radius 1 is 1.00 bits per heavy atom. The van der Waals surface area contributed by atoms with Crippen molar-refractivity contribution < 1.29 is 40.3 Å². The first-order chi connectivity index (χ1) is 5.78. The van der Waals surface area contributed by atoms with Gasteiger partial charge in [-0.05, 0) is 0 Å². The molecule has 84 valence electrons. The van der Waals surface area contributed by atoms with E-state index in [1.807, 2.05) is 0 Å². The number of hydrogen-bond donors (Lipinski definition) is 1. The van der Waals surface area contributed by atoms with Gasteiger partial charge in [0.1, 0.15) is 5.60 Å². The number of hydrogen-bond acceptors (Lipinski definition) is 7. The van der Waals surface area contributed by atoms with Crippen molar-refractivity contribution in [2.24, 2.45) is 0 Å². The Hall–Kier alpha value is -0.748. The first kappa shape index (κ1) is 19.8. The Balaban J connectivity index is -0.000000720. The topological polar surface area (TPSA) is 172 Å². The second-order valence-corrected chi connectivity index (χ2v) is 2.42. The molecule has 3 N–H and O–H groups in total.